The molecule has 2 atom stereocenters. The molecule has 3 N–H and O–H groups in total. The molecule has 3 aromatic heterocycles. The van der Waals surface area contributed by atoms with Gasteiger partial charge in [0.1, 0.15) is 11.7 Å². The number of nitrogens with one attached hydrogen (secondary N) is 3. The Morgan fingerprint density at radius 3 is 2.78 bits per heavy atom. The van der Waals surface area contributed by atoms with Crippen molar-refractivity contribution < 1.29 is 13.2 Å². The maximum atomic E-state index is 13.3. The van der Waals surface area contributed by atoms with Crippen LogP contribution in [0.2, 0.25) is 0 Å². The van der Waals surface area contributed by atoms with Crippen LogP contribution in [0.1, 0.15) is 50.1 Å². The van der Waals surface area contributed by atoms with Gasteiger partial charge in [-0.15, -0.1) is 0 Å². The van der Waals surface area contributed by atoms with Crippen molar-refractivity contribution >= 4 is 39.3 Å². The van der Waals surface area contributed by atoms with Crippen LogP contribution in [0.15, 0.2) is 24.4 Å². The van der Waals surface area contributed by atoms with Gasteiger partial charge in [-0.2, -0.15) is 15.1 Å². The molecule has 0 aromatic carbocycles. The summed E-state index contributed by atoms with van der Waals surface area (Å²) in [7, 11) is -3.28. The van der Waals surface area contributed by atoms with Crippen molar-refractivity contribution in [2.75, 3.05) is 36.1 Å². The number of hydrogen-bond donors (Lipinski definition) is 3. The Balaban J connectivity index is 1.21. The number of rotatable bonds is 7. The zero-order valence-corrected chi connectivity index (χ0v) is 21.0. The number of amides is 1. The van der Waals surface area contributed by atoms with Crippen LogP contribution in [0.25, 0.3) is 5.65 Å². The topological polar surface area (TPSA) is 141 Å². The first-order valence-corrected chi connectivity index (χ1v) is 14.4. The van der Waals surface area contributed by atoms with Crippen LogP contribution in [-0.2, 0) is 14.8 Å². The van der Waals surface area contributed by atoms with E-state index in [1.54, 1.807) is 0 Å². The molecule has 1 amide bonds. The van der Waals surface area contributed by atoms with E-state index in [0.717, 1.165) is 30.6 Å². The van der Waals surface area contributed by atoms with E-state index in [1.807, 2.05) is 33.7 Å². The molecule has 0 radical (unpaired) electrons. The molecule has 6 rings (SSSR count). The minimum Gasteiger partial charge on any atom is -0.350 e. The molecule has 12 nitrogen and oxygen atoms in total. The smallest absolute Gasteiger partial charge is 0.243 e. The van der Waals surface area contributed by atoms with E-state index in [4.69, 9.17) is 9.97 Å². The van der Waals surface area contributed by atoms with Crippen molar-refractivity contribution in [3.63, 3.8) is 0 Å². The van der Waals surface area contributed by atoms with Gasteiger partial charge in [0.2, 0.25) is 27.8 Å². The molecule has 2 aliphatic heterocycles. The van der Waals surface area contributed by atoms with Crippen molar-refractivity contribution in [1.82, 2.24) is 34.2 Å². The quantitative estimate of drug-likeness (QED) is 0.433. The van der Waals surface area contributed by atoms with Crippen LogP contribution in [0.4, 0.5) is 17.7 Å². The number of piperidine rings is 1. The molecule has 192 valence electrons. The fraction of sp³-hybridized carbons (Fsp3) is 0.565. The van der Waals surface area contributed by atoms with Gasteiger partial charge in [-0.25, -0.2) is 12.7 Å². The SMILES string of the molecule is CS(=O)(=O)N1CCC[C@@H](NC(=O)[C@@H]2CCCN2c2nc(Nc3cc(C4CC4)[nH]n3)n3cccc3n2)C1. The summed E-state index contributed by atoms with van der Waals surface area (Å²) in [5, 5.41) is 13.9. The monoisotopic (exact) mass is 513 g/mol. The first kappa shape index (κ1) is 23.2. The van der Waals surface area contributed by atoms with Gasteiger partial charge in [0.15, 0.2) is 5.82 Å². The number of nitrogens with zero attached hydrogens (tertiary/aromatic N) is 6. The lowest BCUT2D eigenvalue weighted by Crippen LogP contribution is -2.53. The number of aromatic amines is 1. The first-order chi connectivity index (χ1) is 17.3. The molecule has 1 saturated carbocycles. The summed E-state index contributed by atoms with van der Waals surface area (Å²) in [6.45, 7) is 1.48. The minimum atomic E-state index is -3.28. The van der Waals surface area contributed by atoms with Crippen LogP contribution in [-0.4, -0.2) is 81.2 Å². The normalized spacial score (nSPS) is 23.3. The lowest BCUT2D eigenvalue weighted by molar-refractivity contribution is -0.123. The zero-order chi connectivity index (χ0) is 24.9. The molecule has 5 heterocycles. The van der Waals surface area contributed by atoms with E-state index in [9.17, 15) is 13.2 Å². The highest BCUT2D eigenvalue weighted by atomic mass is 32.2. The van der Waals surface area contributed by atoms with Crippen LogP contribution >= 0.6 is 0 Å². The second kappa shape index (κ2) is 9.04. The second-order valence-electron chi connectivity index (χ2n) is 10.0. The van der Waals surface area contributed by atoms with Gasteiger partial charge in [0.05, 0.1) is 6.26 Å². The van der Waals surface area contributed by atoms with Gasteiger partial charge >= 0.3 is 0 Å². The lowest BCUT2D eigenvalue weighted by atomic mass is 10.1. The molecule has 3 aromatic rings. The molecule has 13 heteroatoms. The number of carbonyl (C=O) groups excluding carboxylic acids is 1. The van der Waals surface area contributed by atoms with Gasteiger partial charge in [-0.3, -0.25) is 14.3 Å². The summed E-state index contributed by atoms with van der Waals surface area (Å²) >= 11 is 0. The molecule has 0 spiro atoms. The first-order valence-electron chi connectivity index (χ1n) is 12.5. The van der Waals surface area contributed by atoms with Crippen LogP contribution in [0, 0.1) is 0 Å². The number of fused-ring (bicyclic) bond motifs is 1. The molecular formula is C23H31N9O3S. The third-order valence-corrected chi connectivity index (χ3v) is 8.51. The average Bonchev–Trinajstić information content (AvgIpc) is 3.24. The Kier molecular flexibility index (Phi) is 5.83. The molecule has 3 aliphatic rings. The van der Waals surface area contributed by atoms with Crippen LogP contribution < -0.4 is 15.5 Å². The van der Waals surface area contributed by atoms with Gasteiger partial charge in [-0.1, -0.05) is 0 Å². The standard InChI is InChI=1S/C23H31N9O3S/c1-36(34,35)30-10-2-5-16(14-30)24-21(33)18-6-3-11-31(18)23-26-20-7-4-12-32(20)22(27-23)25-19-13-17(28-29-19)15-8-9-15/h4,7,12-13,15-16,18H,2-3,5-6,8-11,14H2,1H3,(H,24,33)(H2,25,26,27,28,29)/t16-,18+/m1/s1. The summed E-state index contributed by atoms with van der Waals surface area (Å²) in [5.74, 6) is 2.22. The Morgan fingerprint density at radius 1 is 1.14 bits per heavy atom. The number of carbonyl (C=O) groups is 1. The van der Waals surface area contributed by atoms with Gasteiger partial charge in [-0.05, 0) is 50.7 Å². The molecule has 36 heavy (non-hydrogen) atoms. The van der Waals surface area contributed by atoms with Crippen LogP contribution in [0.5, 0.6) is 0 Å². The summed E-state index contributed by atoms with van der Waals surface area (Å²) in [4.78, 5) is 24.8. The molecular weight excluding hydrogens is 482 g/mol. The van der Waals surface area contributed by atoms with Gasteiger partial charge < -0.3 is 15.5 Å². The third kappa shape index (κ3) is 4.64. The Hall–Kier alpha value is -3.19. The van der Waals surface area contributed by atoms with E-state index in [0.29, 0.717) is 49.7 Å². The van der Waals surface area contributed by atoms with Gasteiger partial charge in [0, 0.05) is 49.6 Å². The maximum Gasteiger partial charge on any atom is 0.243 e. The summed E-state index contributed by atoms with van der Waals surface area (Å²) < 4.78 is 27.2. The summed E-state index contributed by atoms with van der Waals surface area (Å²) in [5.41, 5.74) is 1.85. The number of aromatic nitrogens is 5. The molecule has 0 bridgehead atoms. The van der Waals surface area contributed by atoms with Crippen molar-refractivity contribution in [3.05, 3.63) is 30.1 Å². The highest BCUT2D eigenvalue weighted by molar-refractivity contribution is 7.88. The van der Waals surface area contributed by atoms with Crippen LogP contribution in [0.3, 0.4) is 0 Å². The predicted octanol–water partition coefficient (Wildman–Crippen LogP) is 1.58. The highest BCUT2D eigenvalue weighted by Crippen LogP contribution is 2.39. The third-order valence-electron chi connectivity index (χ3n) is 7.24. The van der Waals surface area contributed by atoms with Crippen molar-refractivity contribution in [3.8, 4) is 0 Å². The summed E-state index contributed by atoms with van der Waals surface area (Å²) in [6, 6.07) is 5.23. The molecule has 3 fully saturated rings. The van der Waals surface area contributed by atoms with E-state index < -0.39 is 16.1 Å². The molecule has 1 aliphatic carbocycles. The summed E-state index contributed by atoms with van der Waals surface area (Å²) in [6.07, 6.45) is 8.51. The number of hydrogen-bond acceptors (Lipinski definition) is 8. The lowest BCUT2D eigenvalue weighted by Gasteiger charge is -2.33. The van der Waals surface area contributed by atoms with E-state index in [-0.39, 0.29) is 11.9 Å². The average molecular weight is 514 g/mol. The largest absolute Gasteiger partial charge is 0.350 e. The van der Waals surface area contributed by atoms with Crippen molar-refractivity contribution in [1.29, 1.82) is 0 Å². The molecule has 0 unspecified atom stereocenters. The van der Waals surface area contributed by atoms with E-state index in [1.165, 1.54) is 23.4 Å². The Bertz CT molecular complexity index is 1380. The Labute approximate surface area is 209 Å². The van der Waals surface area contributed by atoms with E-state index >= 15 is 0 Å². The van der Waals surface area contributed by atoms with E-state index in [2.05, 4.69) is 20.8 Å². The van der Waals surface area contributed by atoms with Gasteiger partial charge in [0.25, 0.3) is 0 Å². The fourth-order valence-corrected chi connectivity index (χ4v) is 6.10. The minimum absolute atomic E-state index is 0.109. The highest BCUT2D eigenvalue weighted by Gasteiger charge is 2.35. The fourth-order valence-electron chi connectivity index (χ4n) is 5.19. The van der Waals surface area contributed by atoms with Crippen molar-refractivity contribution in [2.24, 2.45) is 0 Å². The zero-order valence-electron chi connectivity index (χ0n) is 20.2. The van der Waals surface area contributed by atoms with Crippen molar-refractivity contribution in [2.45, 2.75) is 56.5 Å². The number of anilines is 3. The second-order valence-corrected chi connectivity index (χ2v) is 12.0. The molecule has 2 saturated heterocycles. The number of H-pyrrole nitrogens is 1. The predicted molar refractivity (Wildman–Crippen MR) is 135 cm³/mol. The number of sulfonamides is 1. The Morgan fingerprint density at radius 2 is 1.97 bits per heavy atom. The maximum absolute atomic E-state index is 13.3.